The molecule has 1 atom stereocenters. The fourth-order valence-electron chi connectivity index (χ4n) is 0.506. The zero-order chi connectivity index (χ0) is 7.98. The van der Waals surface area contributed by atoms with Crippen molar-refractivity contribution in [2.75, 3.05) is 13.1 Å². The van der Waals surface area contributed by atoms with Gasteiger partial charge in [-0.1, -0.05) is 0 Å². The van der Waals surface area contributed by atoms with Crippen molar-refractivity contribution in [3.63, 3.8) is 0 Å². The third kappa shape index (κ3) is 13.4. The summed E-state index contributed by atoms with van der Waals surface area (Å²) in [5.74, 6) is -0.821. The number of aliphatic hydroxyl groups excluding tert-OH is 1. The van der Waals surface area contributed by atoms with Gasteiger partial charge in [-0.25, -0.2) is 0 Å². The Hall–Kier alpha value is 0.390. The van der Waals surface area contributed by atoms with Crippen LogP contribution in [0.1, 0.15) is 13.3 Å². The molecule has 0 amide bonds. The molecule has 5 heteroatoms. The minimum atomic E-state index is -0.821. The van der Waals surface area contributed by atoms with Gasteiger partial charge in [0.25, 0.3) is 0 Å². The zero-order valence-corrected chi connectivity index (χ0v) is 6.00. The summed E-state index contributed by atoms with van der Waals surface area (Å²) in [4.78, 5) is 9.94. The first kappa shape index (κ1) is 13.9. The fourth-order valence-corrected chi connectivity index (χ4v) is 0.506. The van der Waals surface area contributed by atoms with Crippen LogP contribution in [0.25, 0.3) is 0 Å². The molecule has 0 aromatic heterocycles. The molecule has 0 radical (unpaired) electrons. The molecule has 0 aromatic carbocycles. The Morgan fingerprint density at radius 3 is 2.55 bits per heavy atom. The standard InChI is InChI=1S/C6H13NO3.Na.H/c1-5(8)4-7-3-2-6(9)10;;/h5,7-8H,2-4H2,1H3,(H,9,10);;. The number of aliphatic hydroxyl groups is 1. The molecular weight excluding hydrogens is 157 g/mol. The van der Waals surface area contributed by atoms with E-state index >= 15 is 0 Å². The number of rotatable bonds is 5. The maximum absolute atomic E-state index is 9.94. The molecule has 0 rings (SSSR count). The zero-order valence-electron chi connectivity index (χ0n) is 6.00. The molecule has 11 heavy (non-hydrogen) atoms. The number of aliphatic carboxylic acids is 1. The van der Waals surface area contributed by atoms with Gasteiger partial charge >= 0.3 is 35.5 Å². The van der Waals surface area contributed by atoms with Crippen LogP contribution >= 0.6 is 0 Å². The van der Waals surface area contributed by atoms with Gasteiger partial charge in [0.05, 0.1) is 12.5 Å². The first-order valence-electron chi connectivity index (χ1n) is 3.23. The summed E-state index contributed by atoms with van der Waals surface area (Å²) < 4.78 is 0. The Morgan fingerprint density at radius 1 is 1.64 bits per heavy atom. The third-order valence-electron chi connectivity index (χ3n) is 0.955. The average Bonchev–Trinajstić information content (AvgIpc) is 1.79. The van der Waals surface area contributed by atoms with Gasteiger partial charge in [-0.15, -0.1) is 0 Å². The quantitative estimate of drug-likeness (QED) is 0.358. The van der Waals surface area contributed by atoms with Crippen molar-refractivity contribution >= 4 is 35.5 Å². The van der Waals surface area contributed by atoms with Crippen molar-refractivity contribution in [2.45, 2.75) is 19.4 Å². The van der Waals surface area contributed by atoms with E-state index in [1.54, 1.807) is 6.92 Å². The SMILES string of the molecule is CC(O)CNCCC(=O)O.[NaH]. The average molecular weight is 171 g/mol. The van der Waals surface area contributed by atoms with E-state index in [2.05, 4.69) is 5.32 Å². The Kier molecular flexibility index (Phi) is 10.8. The van der Waals surface area contributed by atoms with Crippen molar-refractivity contribution in [3.8, 4) is 0 Å². The molecule has 0 saturated heterocycles. The molecule has 0 aromatic rings. The van der Waals surface area contributed by atoms with Crippen LogP contribution in [0.4, 0.5) is 0 Å². The number of carboxylic acids is 1. The van der Waals surface area contributed by atoms with E-state index in [0.29, 0.717) is 13.1 Å². The number of carboxylic acid groups (broad SMARTS) is 1. The van der Waals surface area contributed by atoms with Crippen LogP contribution in [0.3, 0.4) is 0 Å². The van der Waals surface area contributed by atoms with Gasteiger partial charge < -0.3 is 15.5 Å². The predicted molar refractivity (Wildman–Crippen MR) is 44.0 cm³/mol. The van der Waals surface area contributed by atoms with E-state index in [4.69, 9.17) is 10.2 Å². The van der Waals surface area contributed by atoms with E-state index in [-0.39, 0.29) is 36.0 Å². The van der Waals surface area contributed by atoms with E-state index < -0.39 is 12.1 Å². The first-order chi connectivity index (χ1) is 4.63. The van der Waals surface area contributed by atoms with Crippen LogP contribution in [0.15, 0.2) is 0 Å². The second-order valence-corrected chi connectivity index (χ2v) is 2.20. The molecule has 62 valence electrons. The second kappa shape index (κ2) is 8.49. The van der Waals surface area contributed by atoms with E-state index in [1.165, 1.54) is 0 Å². The van der Waals surface area contributed by atoms with Crippen LogP contribution in [-0.4, -0.2) is 64.9 Å². The van der Waals surface area contributed by atoms with Crippen molar-refractivity contribution in [3.05, 3.63) is 0 Å². The number of hydrogen-bond donors (Lipinski definition) is 3. The van der Waals surface area contributed by atoms with Gasteiger partial charge in [0.1, 0.15) is 0 Å². The third-order valence-corrected chi connectivity index (χ3v) is 0.955. The second-order valence-electron chi connectivity index (χ2n) is 2.20. The minimum absolute atomic E-state index is 0. The predicted octanol–water partition coefficient (Wildman–Crippen LogP) is -1.22. The molecule has 1 unspecified atom stereocenters. The Labute approximate surface area is 88.3 Å². The molecule has 0 bridgehead atoms. The van der Waals surface area contributed by atoms with Gasteiger partial charge in [0, 0.05) is 13.1 Å². The van der Waals surface area contributed by atoms with Crippen molar-refractivity contribution in [2.24, 2.45) is 0 Å². The molecule has 3 N–H and O–H groups in total. The Balaban J connectivity index is 0. The summed E-state index contributed by atoms with van der Waals surface area (Å²) in [5, 5.41) is 19.7. The summed E-state index contributed by atoms with van der Waals surface area (Å²) in [7, 11) is 0. The molecule has 0 aliphatic heterocycles. The summed E-state index contributed by atoms with van der Waals surface area (Å²) in [6.45, 7) is 2.52. The molecule has 0 aliphatic rings. The van der Waals surface area contributed by atoms with Crippen molar-refractivity contribution in [1.29, 1.82) is 0 Å². The van der Waals surface area contributed by atoms with Crippen LogP contribution in [0.2, 0.25) is 0 Å². The monoisotopic (exact) mass is 171 g/mol. The Bertz CT molecular complexity index is 108. The van der Waals surface area contributed by atoms with Gasteiger partial charge in [-0.2, -0.15) is 0 Å². The molecule has 0 spiro atoms. The van der Waals surface area contributed by atoms with Gasteiger partial charge in [0.15, 0.2) is 0 Å². The number of hydrogen-bond acceptors (Lipinski definition) is 3. The van der Waals surface area contributed by atoms with Crippen LogP contribution < -0.4 is 5.32 Å². The molecular formula is C6H14NNaO3. The van der Waals surface area contributed by atoms with Crippen LogP contribution in [-0.2, 0) is 4.79 Å². The van der Waals surface area contributed by atoms with Gasteiger partial charge in [-0.05, 0) is 6.92 Å². The first-order valence-corrected chi connectivity index (χ1v) is 3.23. The summed E-state index contributed by atoms with van der Waals surface area (Å²) >= 11 is 0. The molecule has 0 saturated carbocycles. The maximum atomic E-state index is 9.94. The molecule has 0 fully saturated rings. The summed E-state index contributed by atoms with van der Waals surface area (Å²) in [6, 6.07) is 0. The van der Waals surface area contributed by atoms with Gasteiger partial charge in [-0.3, -0.25) is 4.79 Å². The normalized spacial score (nSPS) is 11.8. The molecule has 4 nitrogen and oxygen atoms in total. The topological polar surface area (TPSA) is 69.6 Å². The van der Waals surface area contributed by atoms with Crippen molar-refractivity contribution < 1.29 is 15.0 Å². The van der Waals surface area contributed by atoms with Crippen LogP contribution in [0.5, 0.6) is 0 Å². The van der Waals surface area contributed by atoms with Crippen molar-refractivity contribution in [1.82, 2.24) is 5.32 Å². The number of carbonyl (C=O) groups is 1. The van der Waals surface area contributed by atoms with Crippen LogP contribution in [0, 0.1) is 0 Å². The molecule has 0 heterocycles. The number of nitrogens with one attached hydrogen (secondary N) is 1. The van der Waals surface area contributed by atoms with E-state index in [0.717, 1.165) is 0 Å². The fraction of sp³-hybridized carbons (Fsp3) is 0.833. The van der Waals surface area contributed by atoms with Gasteiger partial charge in [0.2, 0.25) is 0 Å². The summed E-state index contributed by atoms with van der Waals surface area (Å²) in [5.41, 5.74) is 0. The summed E-state index contributed by atoms with van der Waals surface area (Å²) in [6.07, 6.45) is -0.305. The van der Waals surface area contributed by atoms with E-state index in [1.807, 2.05) is 0 Å². The molecule has 0 aliphatic carbocycles. The van der Waals surface area contributed by atoms with E-state index in [9.17, 15) is 4.79 Å². The Morgan fingerprint density at radius 2 is 2.18 bits per heavy atom.